The molecule has 4 rings (SSSR count). The first-order valence-electron chi connectivity index (χ1n) is 8.49. The zero-order valence-electron chi connectivity index (χ0n) is 13.8. The standard InChI is InChI=1S/C18H20N4O3/c23-18-15-4-2-1-3-13(15)11-16(18)20-7-9-21(10-8-20)17-6-5-14(12-19-17)22(24)25/h1-6,12,16,18,23H,7-11H2. The molecule has 1 aromatic heterocycles. The first-order valence-corrected chi connectivity index (χ1v) is 8.49. The number of aliphatic hydroxyl groups is 1. The van der Waals surface area contributed by atoms with Crippen LogP contribution in [0, 0.1) is 10.1 Å². The van der Waals surface area contributed by atoms with Gasteiger partial charge in [-0.1, -0.05) is 24.3 Å². The number of hydrogen-bond acceptors (Lipinski definition) is 6. The van der Waals surface area contributed by atoms with E-state index in [1.165, 1.54) is 17.8 Å². The predicted molar refractivity (Wildman–Crippen MR) is 93.6 cm³/mol. The molecule has 2 unspecified atom stereocenters. The molecular weight excluding hydrogens is 320 g/mol. The van der Waals surface area contributed by atoms with E-state index in [1.807, 2.05) is 18.2 Å². The van der Waals surface area contributed by atoms with E-state index < -0.39 is 11.0 Å². The third kappa shape index (κ3) is 2.96. The minimum Gasteiger partial charge on any atom is -0.387 e. The number of rotatable bonds is 3. The van der Waals surface area contributed by atoms with Gasteiger partial charge in [-0.3, -0.25) is 15.0 Å². The van der Waals surface area contributed by atoms with Gasteiger partial charge in [0.05, 0.1) is 11.0 Å². The van der Waals surface area contributed by atoms with Crippen LogP contribution < -0.4 is 4.90 Å². The molecule has 1 aliphatic carbocycles. The molecule has 1 fully saturated rings. The molecule has 130 valence electrons. The maximum absolute atomic E-state index is 10.7. The number of fused-ring (bicyclic) bond motifs is 1. The first kappa shape index (κ1) is 16.0. The fourth-order valence-corrected chi connectivity index (χ4v) is 3.84. The Balaban J connectivity index is 1.40. The van der Waals surface area contributed by atoms with Crippen LogP contribution in [0.2, 0.25) is 0 Å². The maximum atomic E-state index is 10.7. The van der Waals surface area contributed by atoms with Crippen LogP contribution in [0.25, 0.3) is 0 Å². The number of pyridine rings is 1. The number of aromatic nitrogens is 1. The van der Waals surface area contributed by atoms with Crippen molar-refractivity contribution < 1.29 is 10.0 Å². The summed E-state index contributed by atoms with van der Waals surface area (Å²) in [6, 6.07) is 11.4. The van der Waals surface area contributed by atoms with Gasteiger partial charge in [-0.05, 0) is 23.6 Å². The van der Waals surface area contributed by atoms with Crippen molar-refractivity contribution in [1.29, 1.82) is 0 Å². The second-order valence-electron chi connectivity index (χ2n) is 6.57. The van der Waals surface area contributed by atoms with Crippen LogP contribution in [-0.2, 0) is 6.42 Å². The van der Waals surface area contributed by atoms with Crippen LogP contribution in [-0.4, -0.2) is 52.1 Å². The van der Waals surface area contributed by atoms with Crippen LogP contribution in [0.4, 0.5) is 11.5 Å². The molecule has 1 aliphatic heterocycles. The molecular formula is C18H20N4O3. The Labute approximate surface area is 145 Å². The van der Waals surface area contributed by atoms with Gasteiger partial charge in [0.2, 0.25) is 0 Å². The second kappa shape index (κ2) is 6.42. The third-order valence-electron chi connectivity index (χ3n) is 5.22. The van der Waals surface area contributed by atoms with E-state index in [1.54, 1.807) is 6.07 Å². The van der Waals surface area contributed by atoms with Gasteiger partial charge < -0.3 is 10.0 Å². The van der Waals surface area contributed by atoms with Crippen molar-refractivity contribution in [2.45, 2.75) is 18.6 Å². The molecule has 0 amide bonds. The number of nitrogens with zero attached hydrogens (tertiary/aromatic N) is 4. The predicted octanol–water partition coefficient (Wildman–Crippen LogP) is 1.77. The van der Waals surface area contributed by atoms with E-state index in [0.717, 1.165) is 44.0 Å². The Morgan fingerprint density at radius 1 is 1.12 bits per heavy atom. The largest absolute Gasteiger partial charge is 0.387 e. The molecule has 2 atom stereocenters. The van der Waals surface area contributed by atoms with Gasteiger partial charge in [0.15, 0.2) is 0 Å². The molecule has 1 saturated heterocycles. The SMILES string of the molecule is O=[N+]([O-])c1ccc(N2CCN(C3Cc4ccccc4C3O)CC2)nc1. The van der Waals surface area contributed by atoms with Gasteiger partial charge in [-0.25, -0.2) is 4.98 Å². The summed E-state index contributed by atoms with van der Waals surface area (Å²) in [6.07, 6.45) is 1.76. The summed E-state index contributed by atoms with van der Waals surface area (Å²) < 4.78 is 0. The number of piperazine rings is 1. The quantitative estimate of drug-likeness (QED) is 0.677. The maximum Gasteiger partial charge on any atom is 0.287 e. The Morgan fingerprint density at radius 2 is 1.88 bits per heavy atom. The highest BCUT2D eigenvalue weighted by atomic mass is 16.6. The summed E-state index contributed by atoms with van der Waals surface area (Å²) >= 11 is 0. The van der Waals surface area contributed by atoms with E-state index >= 15 is 0 Å². The van der Waals surface area contributed by atoms with Gasteiger partial charge >= 0.3 is 0 Å². The summed E-state index contributed by atoms with van der Waals surface area (Å²) in [6.45, 7) is 3.28. The van der Waals surface area contributed by atoms with Gasteiger partial charge in [0.1, 0.15) is 12.0 Å². The third-order valence-corrected chi connectivity index (χ3v) is 5.22. The second-order valence-corrected chi connectivity index (χ2v) is 6.57. The normalized spacial score (nSPS) is 23.5. The summed E-state index contributed by atoms with van der Waals surface area (Å²) in [5.74, 6) is 0.764. The smallest absolute Gasteiger partial charge is 0.287 e. The van der Waals surface area contributed by atoms with Crippen LogP contribution in [0.15, 0.2) is 42.6 Å². The molecule has 0 bridgehead atoms. The minimum atomic E-state index is -0.437. The highest BCUT2D eigenvalue weighted by Crippen LogP contribution is 2.34. The lowest BCUT2D eigenvalue weighted by Gasteiger charge is -2.39. The summed E-state index contributed by atoms with van der Waals surface area (Å²) in [7, 11) is 0. The highest BCUT2D eigenvalue weighted by Gasteiger charge is 2.36. The summed E-state index contributed by atoms with van der Waals surface area (Å²) in [5.41, 5.74) is 2.29. The molecule has 0 saturated carbocycles. The minimum absolute atomic E-state index is 0.00854. The zero-order chi connectivity index (χ0) is 17.4. The monoisotopic (exact) mass is 340 g/mol. The van der Waals surface area contributed by atoms with Crippen LogP contribution in [0.3, 0.4) is 0 Å². The number of aliphatic hydroxyl groups excluding tert-OH is 1. The Morgan fingerprint density at radius 3 is 2.52 bits per heavy atom. The number of hydrogen-bond donors (Lipinski definition) is 1. The highest BCUT2D eigenvalue weighted by molar-refractivity contribution is 5.43. The lowest BCUT2D eigenvalue weighted by atomic mass is 10.1. The Kier molecular flexibility index (Phi) is 4.10. The number of benzene rings is 1. The Bertz CT molecular complexity index is 772. The van der Waals surface area contributed by atoms with E-state index in [-0.39, 0.29) is 11.7 Å². The Hall–Kier alpha value is -2.51. The molecule has 2 aromatic rings. The lowest BCUT2D eigenvalue weighted by molar-refractivity contribution is -0.385. The number of anilines is 1. The average molecular weight is 340 g/mol. The summed E-state index contributed by atoms with van der Waals surface area (Å²) in [5, 5.41) is 21.4. The van der Waals surface area contributed by atoms with E-state index in [9.17, 15) is 15.2 Å². The molecule has 7 nitrogen and oxygen atoms in total. The molecule has 7 heteroatoms. The number of nitro groups is 1. The van der Waals surface area contributed by atoms with Gasteiger partial charge in [0, 0.05) is 38.3 Å². The van der Waals surface area contributed by atoms with Gasteiger partial charge in [-0.15, -0.1) is 0 Å². The van der Waals surface area contributed by atoms with Crippen LogP contribution >= 0.6 is 0 Å². The van der Waals surface area contributed by atoms with Crippen molar-refractivity contribution in [1.82, 2.24) is 9.88 Å². The van der Waals surface area contributed by atoms with Crippen molar-refractivity contribution >= 4 is 11.5 Å². The van der Waals surface area contributed by atoms with Crippen LogP contribution in [0.5, 0.6) is 0 Å². The molecule has 0 spiro atoms. The first-order chi connectivity index (χ1) is 12.1. The van der Waals surface area contributed by atoms with E-state index in [4.69, 9.17) is 0 Å². The lowest BCUT2D eigenvalue weighted by Crippen LogP contribution is -2.51. The average Bonchev–Trinajstić information content (AvgIpc) is 2.99. The molecule has 1 N–H and O–H groups in total. The van der Waals surface area contributed by atoms with E-state index in [2.05, 4.69) is 20.9 Å². The molecule has 2 aliphatic rings. The topological polar surface area (TPSA) is 82.7 Å². The molecule has 2 heterocycles. The van der Waals surface area contributed by atoms with Gasteiger partial charge in [0.25, 0.3) is 5.69 Å². The molecule has 25 heavy (non-hydrogen) atoms. The van der Waals surface area contributed by atoms with Gasteiger partial charge in [-0.2, -0.15) is 0 Å². The van der Waals surface area contributed by atoms with Crippen molar-refractivity contribution in [3.05, 3.63) is 63.8 Å². The van der Waals surface area contributed by atoms with Crippen LogP contribution in [0.1, 0.15) is 17.2 Å². The van der Waals surface area contributed by atoms with E-state index in [0.29, 0.717) is 0 Å². The van der Waals surface area contributed by atoms with Crippen molar-refractivity contribution in [2.75, 3.05) is 31.1 Å². The van der Waals surface area contributed by atoms with Crippen molar-refractivity contribution in [3.8, 4) is 0 Å². The summed E-state index contributed by atoms with van der Waals surface area (Å²) in [4.78, 5) is 19.0. The van der Waals surface area contributed by atoms with Crippen molar-refractivity contribution in [3.63, 3.8) is 0 Å². The fourth-order valence-electron chi connectivity index (χ4n) is 3.84. The fraction of sp³-hybridized carbons (Fsp3) is 0.389. The molecule has 0 radical (unpaired) electrons. The zero-order valence-corrected chi connectivity index (χ0v) is 13.8. The van der Waals surface area contributed by atoms with Crippen molar-refractivity contribution in [2.24, 2.45) is 0 Å². The molecule has 1 aromatic carbocycles.